The number of carboxylic acids is 1. The third kappa shape index (κ3) is 4.79. The normalized spacial score (nSPS) is 15.3. The van der Waals surface area contributed by atoms with Gasteiger partial charge in [-0.15, -0.1) is 0 Å². The second-order valence-electron chi connectivity index (χ2n) is 4.48. The summed E-state index contributed by atoms with van der Waals surface area (Å²) in [5.74, 6) is -1.29. The Morgan fingerprint density at radius 2 is 2.00 bits per heavy atom. The molecule has 0 aliphatic heterocycles. The highest BCUT2D eigenvalue weighted by Crippen LogP contribution is 2.47. The lowest BCUT2D eigenvalue weighted by Gasteiger charge is -2.18. The lowest BCUT2D eigenvalue weighted by molar-refractivity contribution is -0.145. The Labute approximate surface area is 126 Å². The fraction of sp³-hybridized carbons (Fsp3) is 0.214. The van der Waals surface area contributed by atoms with E-state index in [2.05, 4.69) is 0 Å². The van der Waals surface area contributed by atoms with Crippen LogP contribution in [0, 0.1) is 0 Å². The highest BCUT2D eigenvalue weighted by molar-refractivity contribution is 7.52. The van der Waals surface area contributed by atoms with Gasteiger partial charge in [0, 0.05) is 0 Å². The van der Waals surface area contributed by atoms with Crippen molar-refractivity contribution in [1.82, 2.24) is 0 Å². The van der Waals surface area contributed by atoms with Crippen LogP contribution in [0.15, 0.2) is 47.2 Å². The number of hydrogen-bond acceptors (Lipinski definition) is 4. The van der Waals surface area contributed by atoms with Gasteiger partial charge in [-0.3, -0.25) is 9.09 Å². The van der Waals surface area contributed by atoms with Gasteiger partial charge in [0.1, 0.15) is 0 Å². The van der Waals surface area contributed by atoms with Gasteiger partial charge in [0.2, 0.25) is 0 Å². The standard InChI is InChI=1S/C14H15O5PS/c15-14(16)13(12-4-2-1-3-5-12)19-20(17,18)8-6-11-7-9-21-10-11/h1-5,7,9-10,13H,6,8H2,(H,15,16)(H,17,18). The van der Waals surface area contributed by atoms with E-state index >= 15 is 0 Å². The van der Waals surface area contributed by atoms with Gasteiger partial charge in [0.25, 0.3) is 0 Å². The molecule has 0 aliphatic rings. The minimum Gasteiger partial charge on any atom is -0.479 e. The zero-order chi connectivity index (χ0) is 15.3. The summed E-state index contributed by atoms with van der Waals surface area (Å²) >= 11 is 1.50. The number of thiophene rings is 1. The molecule has 0 saturated carbocycles. The number of aliphatic carboxylic acids is 1. The minimum atomic E-state index is -3.99. The lowest BCUT2D eigenvalue weighted by Crippen LogP contribution is -2.15. The van der Waals surface area contributed by atoms with Gasteiger partial charge >= 0.3 is 13.6 Å². The first-order valence-corrected chi connectivity index (χ1v) is 8.97. The molecule has 0 aliphatic carbocycles. The van der Waals surface area contributed by atoms with E-state index in [0.717, 1.165) is 5.56 Å². The SMILES string of the molecule is O=C(O)C(OP(=O)(O)CCc1ccsc1)c1ccccc1. The Balaban J connectivity index is 2.05. The molecule has 2 rings (SSSR count). The number of benzene rings is 1. The molecule has 0 bridgehead atoms. The largest absolute Gasteiger partial charge is 0.479 e. The number of hydrogen-bond donors (Lipinski definition) is 2. The Morgan fingerprint density at radius 1 is 1.29 bits per heavy atom. The molecule has 112 valence electrons. The summed E-state index contributed by atoms with van der Waals surface area (Å²) < 4.78 is 17.1. The van der Waals surface area contributed by atoms with Crippen LogP contribution in [0.25, 0.3) is 0 Å². The summed E-state index contributed by atoms with van der Waals surface area (Å²) in [5.41, 5.74) is 1.28. The average molecular weight is 326 g/mol. The Kier molecular flexibility index (Phi) is 5.31. The van der Waals surface area contributed by atoms with E-state index in [0.29, 0.717) is 12.0 Å². The van der Waals surface area contributed by atoms with Gasteiger partial charge in [0.15, 0.2) is 6.10 Å². The van der Waals surface area contributed by atoms with Crippen LogP contribution >= 0.6 is 18.9 Å². The molecule has 0 saturated heterocycles. The molecule has 1 heterocycles. The first-order chi connectivity index (χ1) is 9.98. The fourth-order valence-electron chi connectivity index (χ4n) is 1.80. The fourth-order valence-corrected chi connectivity index (χ4v) is 3.69. The van der Waals surface area contributed by atoms with Crippen LogP contribution in [0.4, 0.5) is 0 Å². The van der Waals surface area contributed by atoms with E-state index < -0.39 is 19.7 Å². The Morgan fingerprint density at radius 3 is 2.57 bits per heavy atom. The van der Waals surface area contributed by atoms with E-state index in [4.69, 9.17) is 4.52 Å². The number of rotatable bonds is 7. The first-order valence-electron chi connectivity index (χ1n) is 6.27. The van der Waals surface area contributed by atoms with Crippen LogP contribution < -0.4 is 0 Å². The van der Waals surface area contributed by atoms with Crippen molar-refractivity contribution < 1.29 is 23.9 Å². The molecule has 2 atom stereocenters. The molecule has 0 radical (unpaired) electrons. The topological polar surface area (TPSA) is 83.8 Å². The van der Waals surface area contributed by atoms with E-state index in [9.17, 15) is 19.4 Å². The van der Waals surface area contributed by atoms with Crippen molar-refractivity contribution in [3.8, 4) is 0 Å². The van der Waals surface area contributed by atoms with Gasteiger partial charge < -0.3 is 10.00 Å². The maximum atomic E-state index is 12.1. The number of aryl methyl sites for hydroxylation is 1. The van der Waals surface area contributed by atoms with E-state index in [1.807, 2.05) is 16.8 Å². The van der Waals surface area contributed by atoms with Gasteiger partial charge in [0.05, 0.1) is 6.16 Å². The molecule has 0 spiro atoms. The summed E-state index contributed by atoms with van der Waals surface area (Å²) in [5, 5.41) is 12.9. The Bertz CT molecular complexity index is 626. The second kappa shape index (κ2) is 7.00. The molecule has 2 aromatic rings. The van der Waals surface area contributed by atoms with Gasteiger partial charge in [-0.25, -0.2) is 4.79 Å². The minimum absolute atomic E-state index is 0.111. The van der Waals surface area contributed by atoms with Crippen molar-refractivity contribution in [2.45, 2.75) is 12.5 Å². The van der Waals surface area contributed by atoms with Crippen molar-refractivity contribution in [2.24, 2.45) is 0 Å². The van der Waals surface area contributed by atoms with Crippen LogP contribution in [-0.2, 0) is 20.3 Å². The molecule has 2 N–H and O–H groups in total. The van der Waals surface area contributed by atoms with Crippen LogP contribution in [0.5, 0.6) is 0 Å². The zero-order valence-corrected chi connectivity index (χ0v) is 12.8. The summed E-state index contributed by atoms with van der Waals surface area (Å²) in [4.78, 5) is 21.1. The van der Waals surface area contributed by atoms with Crippen LogP contribution in [-0.4, -0.2) is 22.1 Å². The summed E-state index contributed by atoms with van der Waals surface area (Å²) in [7, 11) is -3.99. The molecular formula is C14H15O5PS. The average Bonchev–Trinajstić information content (AvgIpc) is 2.97. The first kappa shape index (κ1) is 15.9. The number of carboxylic acid groups (broad SMARTS) is 1. The molecule has 5 nitrogen and oxygen atoms in total. The van der Waals surface area contributed by atoms with Crippen LogP contribution in [0.1, 0.15) is 17.2 Å². The van der Waals surface area contributed by atoms with Crippen molar-refractivity contribution in [3.05, 3.63) is 58.3 Å². The lowest BCUT2D eigenvalue weighted by atomic mass is 10.1. The summed E-state index contributed by atoms with van der Waals surface area (Å²) in [6.45, 7) is 0. The molecule has 0 amide bonds. The molecule has 21 heavy (non-hydrogen) atoms. The zero-order valence-electron chi connectivity index (χ0n) is 11.1. The summed E-state index contributed by atoms with van der Waals surface area (Å²) in [6.07, 6.45) is -1.18. The van der Waals surface area contributed by atoms with Gasteiger partial charge in [-0.1, -0.05) is 30.3 Å². The van der Waals surface area contributed by atoms with Gasteiger partial charge in [-0.05, 0) is 34.4 Å². The summed E-state index contributed by atoms with van der Waals surface area (Å²) in [6, 6.07) is 10.0. The monoisotopic (exact) mass is 326 g/mol. The van der Waals surface area contributed by atoms with Gasteiger partial charge in [-0.2, -0.15) is 11.3 Å². The molecule has 1 aromatic heterocycles. The van der Waals surface area contributed by atoms with Crippen molar-refractivity contribution in [2.75, 3.05) is 6.16 Å². The van der Waals surface area contributed by atoms with E-state index in [1.165, 1.54) is 11.3 Å². The second-order valence-corrected chi connectivity index (χ2v) is 7.19. The third-order valence-electron chi connectivity index (χ3n) is 2.86. The maximum absolute atomic E-state index is 12.1. The van der Waals surface area contributed by atoms with E-state index in [-0.39, 0.29) is 6.16 Å². The Hall–Kier alpha value is -1.46. The molecule has 1 aromatic carbocycles. The number of carbonyl (C=O) groups is 1. The predicted molar refractivity (Wildman–Crippen MR) is 80.6 cm³/mol. The maximum Gasteiger partial charge on any atom is 0.338 e. The quantitative estimate of drug-likeness (QED) is 0.763. The highest BCUT2D eigenvalue weighted by Gasteiger charge is 2.30. The molecule has 7 heteroatoms. The van der Waals surface area contributed by atoms with Crippen molar-refractivity contribution in [3.63, 3.8) is 0 Å². The molecule has 0 fully saturated rings. The highest BCUT2D eigenvalue weighted by atomic mass is 32.1. The van der Waals surface area contributed by atoms with Crippen LogP contribution in [0.2, 0.25) is 0 Å². The third-order valence-corrected chi connectivity index (χ3v) is 4.92. The molecular weight excluding hydrogens is 311 g/mol. The van der Waals surface area contributed by atoms with Crippen molar-refractivity contribution >= 4 is 24.9 Å². The van der Waals surface area contributed by atoms with Crippen molar-refractivity contribution in [1.29, 1.82) is 0 Å². The van der Waals surface area contributed by atoms with E-state index in [1.54, 1.807) is 30.3 Å². The predicted octanol–water partition coefficient (Wildman–Crippen LogP) is 3.32. The van der Waals surface area contributed by atoms with Crippen LogP contribution in [0.3, 0.4) is 0 Å². The molecule has 2 unspecified atom stereocenters. The smallest absolute Gasteiger partial charge is 0.338 e.